The van der Waals surface area contributed by atoms with Crippen LogP contribution in [0.3, 0.4) is 0 Å². The molecule has 0 radical (unpaired) electrons. The van der Waals surface area contributed by atoms with Gasteiger partial charge in [0.05, 0.1) is 19.6 Å². The van der Waals surface area contributed by atoms with Crippen molar-refractivity contribution in [3.63, 3.8) is 0 Å². The number of alkyl halides is 3. The highest BCUT2D eigenvalue weighted by Gasteiger charge is 2.26. The highest BCUT2D eigenvalue weighted by atomic mass is 19.4. The Kier molecular flexibility index (Phi) is 7.18. The van der Waals surface area contributed by atoms with E-state index in [0.717, 1.165) is 12.1 Å². The van der Waals surface area contributed by atoms with Gasteiger partial charge in [-0.25, -0.2) is 0 Å². The van der Waals surface area contributed by atoms with Crippen LogP contribution in [0.2, 0.25) is 0 Å². The van der Waals surface area contributed by atoms with Crippen LogP contribution in [0.25, 0.3) is 0 Å². The molecule has 1 atom stereocenters. The van der Waals surface area contributed by atoms with E-state index in [2.05, 4.69) is 26.1 Å². The SMILES string of the molecule is CC(C)NCC(C)c1ccc(COCCC(F)(F)F)cc1. The summed E-state index contributed by atoms with van der Waals surface area (Å²) in [5, 5.41) is 3.38. The van der Waals surface area contributed by atoms with Crippen LogP contribution in [-0.4, -0.2) is 25.4 Å². The first-order chi connectivity index (χ1) is 9.78. The molecule has 0 aromatic heterocycles. The Balaban J connectivity index is 2.36. The van der Waals surface area contributed by atoms with Gasteiger partial charge < -0.3 is 10.1 Å². The number of hydrogen-bond acceptors (Lipinski definition) is 2. The maximum absolute atomic E-state index is 12.0. The lowest BCUT2D eigenvalue weighted by atomic mass is 9.99. The molecule has 1 aromatic rings. The summed E-state index contributed by atoms with van der Waals surface area (Å²) >= 11 is 0. The molecule has 0 heterocycles. The fourth-order valence-corrected chi connectivity index (χ4v) is 1.85. The van der Waals surface area contributed by atoms with Crippen molar-refractivity contribution in [3.8, 4) is 0 Å². The lowest BCUT2D eigenvalue weighted by Gasteiger charge is -2.15. The van der Waals surface area contributed by atoms with Gasteiger partial charge in [-0.05, 0) is 17.0 Å². The van der Waals surface area contributed by atoms with Crippen molar-refractivity contribution in [2.24, 2.45) is 0 Å². The molecule has 5 heteroatoms. The minimum absolute atomic E-state index is 0.217. The van der Waals surface area contributed by atoms with Crippen LogP contribution < -0.4 is 5.32 Å². The second kappa shape index (κ2) is 8.39. The third-order valence-corrected chi connectivity index (χ3v) is 3.18. The van der Waals surface area contributed by atoms with Gasteiger partial charge in [-0.3, -0.25) is 0 Å². The molecule has 2 nitrogen and oxygen atoms in total. The Morgan fingerprint density at radius 1 is 1.10 bits per heavy atom. The van der Waals surface area contributed by atoms with Gasteiger partial charge in [0, 0.05) is 12.6 Å². The third kappa shape index (κ3) is 8.07. The van der Waals surface area contributed by atoms with Crippen molar-refractivity contribution < 1.29 is 17.9 Å². The summed E-state index contributed by atoms with van der Waals surface area (Å²) < 4.78 is 40.9. The van der Waals surface area contributed by atoms with E-state index in [1.807, 2.05) is 24.3 Å². The van der Waals surface area contributed by atoms with Crippen molar-refractivity contribution in [2.45, 2.75) is 51.9 Å². The highest BCUT2D eigenvalue weighted by molar-refractivity contribution is 5.24. The van der Waals surface area contributed by atoms with E-state index in [4.69, 9.17) is 4.74 Å². The molecular formula is C16H24F3NO. The molecule has 0 aliphatic carbocycles. The van der Waals surface area contributed by atoms with E-state index < -0.39 is 12.6 Å². The van der Waals surface area contributed by atoms with Crippen molar-refractivity contribution in [1.82, 2.24) is 5.32 Å². The molecule has 21 heavy (non-hydrogen) atoms. The minimum Gasteiger partial charge on any atom is -0.376 e. The lowest BCUT2D eigenvalue weighted by molar-refractivity contribution is -0.146. The quantitative estimate of drug-likeness (QED) is 0.725. The Bertz CT molecular complexity index is 401. The average molecular weight is 303 g/mol. The summed E-state index contributed by atoms with van der Waals surface area (Å²) in [6, 6.07) is 8.29. The second-order valence-electron chi connectivity index (χ2n) is 5.62. The Labute approximate surface area is 124 Å². The van der Waals surface area contributed by atoms with Gasteiger partial charge in [0.15, 0.2) is 0 Å². The molecule has 120 valence electrons. The fraction of sp³-hybridized carbons (Fsp3) is 0.625. The number of nitrogens with one attached hydrogen (secondary N) is 1. The Morgan fingerprint density at radius 2 is 1.71 bits per heavy atom. The zero-order valence-corrected chi connectivity index (χ0v) is 12.8. The van der Waals surface area contributed by atoms with Crippen molar-refractivity contribution in [3.05, 3.63) is 35.4 Å². The van der Waals surface area contributed by atoms with E-state index >= 15 is 0 Å². The smallest absolute Gasteiger partial charge is 0.376 e. The van der Waals surface area contributed by atoms with Crippen LogP contribution in [0, 0.1) is 0 Å². The Morgan fingerprint density at radius 3 is 2.24 bits per heavy atom. The van der Waals surface area contributed by atoms with E-state index in [-0.39, 0.29) is 13.2 Å². The molecular weight excluding hydrogens is 279 g/mol. The molecule has 1 rings (SSSR count). The van der Waals surface area contributed by atoms with E-state index in [1.165, 1.54) is 5.56 Å². The molecule has 1 unspecified atom stereocenters. The van der Waals surface area contributed by atoms with Crippen molar-refractivity contribution in [2.75, 3.05) is 13.2 Å². The third-order valence-electron chi connectivity index (χ3n) is 3.18. The van der Waals surface area contributed by atoms with E-state index in [9.17, 15) is 13.2 Å². The molecule has 0 fully saturated rings. The van der Waals surface area contributed by atoms with Crippen LogP contribution in [0.15, 0.2) is 24.3 Å². The van der Waals surface area contributed by atoms with Crippen LogP contribution in [0.5, 0.6) is 0 Å². The summed E-state index contributed by atoms with van der Waals surface area (Å²) in [7, 11) is 0. The fourth-order valence-electron chi connectivity index (χ4n) is 1.85. The maximum atomic E-state index is 12.0. The summed E-state index contributed by atoms with van der Waals surface area (Å²) in [5.74, 6) is 0.396. The highest BCUT2D eigenvalue weighted by Crippen LogP contribution is 2.20. The Hall–Kier alpha value is -1.07. The zero-order chi connectivity index (χ0) is 15.9. The van der Waals surface area contributed by atoms with Crippen LogP contribution in [-0.2, 0) is 11.3 Å². The molecule has 0 bridgehead atoms. The van der Waals surface area contributed by atoms with Gasteiger partial charge in [-0.2, -0.15) is 13.2 Å². The van der Waals surface area contributed by atoms with Gasteiger partial charge in [0.25, 0.3) is 0 Å². The van der Waals surface area contributed by atoms with Crippen LogP contribution in [0.4, 0.5) is 13.2 Å². The van der Waals surface area contributed by atoms with E-state index in [0.29, 0.717) is 12.0 Å². The molecule has 1 N–H and O–H groups in total. The first-order valence-corrected chi connectivity index (χ1v) is 7.24. The van der Waals surface area contributed by atoms with Crippen molar-refractivity contribution in [1.29, 1.82) is 0 Å². The lowest BCUT2D eigenvalue weighted by Crippen LogP contribution is -2.26. The first kappa shape index (κ1) is 18.0. The molecule has 0 aliphatic heterocycles. The van der Waals surface area contributed by atoms with E-state index in [1.54, 1.807) is 0 Å². The number of halogens is 3. The predicted octanol–water partition coefficient (Wildman–Crippen LogP) is 4.26. The number of benzene rings is 1. The summed E-state index contributed by atoms with van der Waals surface area (Å²) in [5.41, 5.74) is 2.10. The second-order valence-corrected chi connectivity index (χ2v) is 5.62. The van der Waals surface area contributed by atoms with Crippen molar-refractivity contribution >= 4 is 0 Å². The number of ether oxygens (including phenoxy) is 1. The average Bonchev–Trinajstić information content (AvgIpc) is 2.40. The standard InChI is InChI=1S/C16H24F3NO/c1-12(2)20-10-13(3)15-6-4-14(5-7-15)11-21-9-8-16(17,18)19/h4-7,12-13,20H,8-11H2,1-3H3. The first-order valence-electron chi connectivity index (χ1n) is 7.24. The molecule has 0 aliphatic rings. The van der Waals surface area contributed by atoms with Gasteiger partial charge >= 0.3 is 6.18 Å². The molecule has 0 amide bonds. The molecule has 0 saturated carbocycles. The summed E-state index contributed by atoms with van der Waals surface area (Å²) in [4.78, 5) is 0. The minimum atomic E-state index is -4.15. The van der Waals surface area contributed by atoms with Gasteiger partial charge in [0.1, 0.15) is 0 Å². The zero-order valence-electron chi connectivity index (χ0n) is 12.8. The van der Waals surface area contributed by atoms with Crippen LogP contribution in [0.1, 0.15) is 44.2 Å². The predicted molar refractivity (Wildman–Crippen MR) is 78.3 cm³/mol. The number of hydrogen-bond donors (Lipinski definition) is 1. The molecule has 0 spiro atoms. The van der Waals surface area contributed by atoms with Gasteiger partial charge in [0.2, 0.25) is 0 Å². The van der Waals surface area contributed by atoms with Gasteiger partial charge in [-0.15, -0.1) is 0 Å². The topological polar surface area (TPSA) is 21.3 Å². The largest absolute Gasteiger partial charge is 0.391 e. The summed E-state index contributed by atoms with van der Waals surface area (Å²) in [6.07, 6.45) is -5.05. The normalized spacial score (nSPS) is 13.7. The number of rotatable bonds is 8. The van der Waals surface area contributed by atoms with Gasteiger partial charge in [-0.1, -0.05) is 45.0 Å². The maximum Gasteiger partial charge on any atom is 0.391 e. The molecule has 0 saturated heterocycles. The summed E-state index contributed by atoms with van der Waals surface area (Å²) in [6.45, 7) is 7.18. The van der Waals surface area contributed by atoms with Crippen LogP contribution >= 0.6 is 0 Å². The monoisotopic (exact) mass is 303 g/mol. The molecule has 1 aromatic carbocycles.